The van der Waals surface area contributed by atoms with Crippen molar-refractivity contribution >= 4 is 5.91 Å². The average molecular weight is 314 g/mol. The van der Waals surface area contributed by atoms with Crippen LogP contribution in [0.25, 0.3) is 0 Å². The predicted octanol–water partition coefficient (Wildman–Crippen LogP) is 2.50. The van der Waals surface area contributed by atoms with Crippen LogP contribution in [0.4, 0.5) is 4.39 Å². The molecule has 120 valence electrons. The Labute approximate surface area is 134 Å². The molecular formula is C18H19FN2O2. The summed E-state index contributed by atoms with van der Waals surface area (Å²) in [7, 11) is 0. The molecule has 2 aromatic rings. The van der Waals surface area contributed by atoms with Gasteiger partial charge in [-0.25, -0.2) is 4.39 Å². The third-order valence-electron chi connectivity index (χ3n) is 3.79. The van der Waals surface area contributed by atoms with Crippen molar-refractivity contribution < 1.29 is 13.9 Å². The van der Waals surface area contributed by atoms with Gasteiger partial charge in [-0.1, -0.05) is 18.2 Å². The quantitative estimate of drug-likeness (QED) is 0.891. The van der Waals surface area contributed by atoms with Gasteiger partial charge in [0.15, 0.2) is 0 Å². The Morgan fingerprint density at radius 1 is 1.26 bits per heavy atom. The van der Waals surface area contributed by atoms with E-state index in [9.17, 15) is 9.18 Å². The van der Waals surface area contributed by atoms with Gasteiger partial charge in [0.1, 0.15) is 18.2 Å². The standard InChI is InChI=1S/C18H19FN2O2/c19-15-5-2-6-17(10-15)23-12-13-3-1-4-14(9-13)18(22)21-16-7-8-20-11-16/h1-6,9-10,16,20H,7-8,11-12H2,(H,21,22). The molecule has 4 nitrogen and oxygen atoms in total. The molecule has 23 heavy (non-hydrogen) atoms. The van der Waals surface area contributed by atoms with E-state index in [1.165, 1.54) is 12.1 Å². The van der Waals surface area contributed by atoms with Gasteiger partial charge in [0.25, 0.3) is 5.91 Å². The highest BCUT2D eigenvalue weighted by atomic mass is 19.1. The van der Waals surface area contributed by atoms with Crippen LogP contribution in [0.1, 0.15) is 22.3 Å². The van der Waals surface area contributed by atoms with Gasteiger partial charge in [0.05, 0.1) is 0 Å². The Bertz CT molecular complexity index is 684. The Balaban J connectivity index is 1.61. The summed E-state index contributed by atoms with van der Waals surface area (Å²) >= 11 is 0. The summed E-state index contributed by atoms with van der Waals surface area (Å²) in [4.78, 5) is 12.2. The first kappa shape index (κ1) is 15.5. The molecule has 1 unspecified atom stereocenters. The Hall–Kier alpha value is -2.40. The minimum Gasteiger partial charge on any atom is -0.489 e. The molecule has 0 saturated carbocycles. The van der Waals surface area contributed by atoms with Crippen molar-refractivity contribution in [2.75, 3.05) is 13.1 Å². The highest BCUT2D eigenvalue weighted by Gasteiger charge is 2.17. The first-order valence-corrected chi connectivity index (χ1v) is 7.69. The minimum absolute atomic E-state index is 0.0775. The van der Waals surface area contributed by atoms with Gasteiger partial charge in [-0.2, -0.15) is 0 Å². The number of ether oxygens (including phenoxy) is 1. The molecule has 3 rings (SSSR count). The molecule has 1 aliphatic rings. The predicted molar refractivity (Wildman–Crippen MR) is 85.9 cm³/mol. The van der Waals surface area contributed by atoms with Gasteiger partial charge in [-0.05, 0) is 42.8 Å². The van der Waals surface area contributed by atoms with Crippen LogP contribution in [0, 0.1) is 5.82 Å². The molecule has 1 saturated heterocycles. The van der Waals surface area contributed by atoms with Crippen molar-refractivity contribution in [2.24, 2.45) is 0 Å². The van der Waals surface area contributed by atoms with Gasteiger partial charge in [-0.15, -0.1) is 0 Å². The molecule has 0 aliphatic carbocycles. The molecule has 2 aromatic carbocycles. The van der Waals surface area contributed by atoms with Crippen LogP contribution >= 0.6 is 0 Å². The van der Waals surface area contributed by atoms with E-state index in [4.69, 9.17) is 4.74 Å². The second-order valence-corrected chi connectivity index (χ2v) is 5.61. The molecule has 5 heteroatoms. The number of halogens is 1. The summed E-state index contributed by atoms with van der Waals surface area (Å²) < 4.78 is 18.7. The van der Waals surface area contributed by atoms with Crippen molar-refractivity contribution in [1.29, 1.82) is 0 Å². The molecular weight excluding hydrogens is 295 g/mol. The van der Waals surface area contributed by atoms with Crippen molar-refractivity contribution in [2.45, 2.75) is 19.1 Å². The fraction of sp³-hybridized carbons (Fsp3) is 0.278. The van der Waals surface area contributed by atoms with Crippen LogP contribution in [0.3, 0.4) is 0 Å². The van der Waals surface area contributed by atoms with Gasteiger partial charge in [0, 0.05) is 24.2 Å². The third kappa shape index (κ3) is 4.29. The summed E-state index contributed by atoms with van der Waals surface area (Å²) in [5, 5.41) is 6.23. The summed E-state index contributed by atoms with van der Waals surface area (Å²) in [6, 6.07) is 13.5. The van der Waals surface area contributed by atoms with Crippen LogP contribution in [0.15, 0.2) is 48.5 Å². The SMILES string of the molecule is O=C(NC1CCNC1)c1cccc(COc2cccc(F)c2)c1. The summed E-state index contributed by atoms with van der Waals surface area (Å²) in [5.74, 6) is 0.0593. The molecule has 0 spiro atoms. The fourth-order valence-corrected chi connectivity index (χ4v) is 2.57. The molecule has 0 radical (unpaired) electrons. The van der Waals surface area contributed by atoms with E-state index in [-0.39, 0.29) is 24.4 Å². The van der Waals surface area contributed by atoms with Crippen LogP contribution in [0.2, 0.25) is 0 Å². The Morgan fingerprint density at radius 3 is 2.91 bits per heavy atom. The smallest absolute Gasteiger partial charge is 0.251 e. The lowest BCUT2D eigenvalue weighted by Gasteiger charge is -2.12. The molecule has 1 atom stereocenters. The fourth-order valence-electron chi connectivity index (χ4n) is 2.57. The Morgan fingerprint density at radius 2 is 2.13 bits per heavy atom. The molecule has 2 N–H and O–H groups in total. The zero-order valence-electron chi connectivity index (χ0n) is 12.7. The van der Waals surface area contributed by atoms with E-state index in [1.807, 2.05) is 12.1 Å². The second-order valence-electron chi connectivity index (χ2n) is 5.61. The summed E-state index contributed by atoms with van der Waals surface area (Å²) in [6.07, 6.45) is 0.952. The maximum Gasteiger partial charge on any atom is 0.251 e. The van der Waals surface area contributed by atoms with Gasteiger partial charge in [-0.3, -0.25) is 4.79 Å². The lowest BCUT2D eigenvalue weighted by atomic mass is 10.1. The summed E-state index contributed by atoms with van der Waals surface area (Å²) in [5.41, 5.74) is 1.48. The molecule has 1 heterocycles. The Kier molecular flexibility index (Phi) is 4.88. The lowest BCUT2D eigenvalue weighted by molar-refractivity contribution is 0.0940. The minimum atomic E-state index is -0.333. The monoisotopic (exact) mass is 314 g/mol. The van der Waals surface area contributed by atoms with Crippen LogP contribution < -0.4 is 15.4 Å². The number of hydrogen-bond acceptors (Lipinski definition) is 3. The number of amides is 1. The van der Waals surface area contributed by atoms with Crippen LogP contribution in [-0.2, 0) is 6.61 Å². The van der Waals surface area contributed by atoms with Crippen LogP contribution in [0.5, 0.6) is 5.75 Å². The van der Waals surface area contributed by atoms with Crippen molar-refractivity contribution in [3.05, 3.63) is 65.5 Å². The second kappa shape index (κ2) is 7.24. The van der Waals surface area contributed by atoms with E-state index in [0.717, 1.165) is 25.1 Å². The van der Waals surface area contributed by atoms with E-state index in [2.05, 4.69) is 10.6 Å². The highest BCUT2D eigenvalue weighted by Crippen LogP contribution is 2.15. The number of nitrogens with one attached hydrogen (secondary N) is 2. The average Bonchev–Trinajstić information content (AvgIpc) is 3.06. The van der Waals surface area contributed by atoms with E-state index in [1.54, 1.807) is 24.3 Å². The molecule has 0 aromatic heterocycles. The molecule has 1 amide bonds. The number of hydrogen-bond donors (Lipinski definition) is 2. The zero-order chi connectivity index (χ0) is 16.1. The van der Waals surface area contributed by atoms with Gasteiger partial charge < -0.3 is 15.4 Å². The zero-order valence-corrected chi connectivity index (χ0v) is 12.7. The van der Waals surface area contributed by atoms with Crippen molar-refractivity contribution in [1.82, 2.24) is 10.6 Å². The van der Waals surface area contributed by atoms with Crippen molar-refractivity contribution in [3.8, 4) is 5.75 Å². The van der Waals surface area contributed by atoms with Crippen LogP contribution in [-0.4, -0.2) is 25.0 Å². The number of rotatable bonds is 5. The number of carbonyl (C=O) groups is 1. The third-order valence-corrected chi connectivity index (χ3v) is 3.79. The summed E-state index contributed by atoms with van der Waals surface area (Å²) in [6.45, 7) is 2.04. The van der Waals surface area contributed by atoms with Gasteiger partial charge >= 0.3 is 0 Å². The normalized spacial score (nSPS) is 17.0. The maximum atomic E-state index is 13.1. The molecule has 1 fully saturated rings. The molecule has 0 bridgehead atoms. The van der Waals surface area contributed by atoms with E-state index >= 15 is 0 Å². The number of carbonyl (C=O) groups excluding carboxylic acids is 1. The van der Waals surface area contributed by atoms with E-state index < -0.39 is 0 Å². The number of benzene rings is 2. The largest absolute Gasteiger partial charge is 0.489 e. The first-order valence-electron chi connectivity index (χ1n) is 7.69. The molecule has 1 aliphatic heterocycles. The topological polar surface area (TPSA) is 50.4 Å². The lowest BCUT2D eigenvalue weighted by Crippen LogP contribution is -2.36. The van der Waals surface area contributed by atoms with Crippen molar-refractivity contribution in [3.63, 3.8) is 0 Å². The highest BCUT2D eigenvalue weighted by molar-refractivity contribution is 5.94. The first-order chi connectivity index (χ1) is 11.2. The van der Waals surface area contributed by atoms with Gasteiger partial charge in [0.2, 0.25) is 0 Å². The maximum absolute atomic E-state index is 13.1. The van der Waals surface area contributed by atoms with E-state index in [0.29, 0.717) is 11.3 Å².